The smallest absolute Gasteiger partial charge is 0.237 e. The van der Waals surface area contributed by atoms with Crippen LogP contribution in [0.25, 0.3) is 0 Å². The highest BCUT2D eigenvalue weighted by Gasteiger charge is 2.32. The molecule has 0 heterocycles. The average molecular weight is 252 g/mol. The van der Waals surface area contributed by atoms with Gasteiger partial charge in [-0.15, -0.1) is 6.42 Å². The van der Waals surface area contributed by atoms with Crippen LogP contribution in [0.15, 0.2) is 0 Å². The van der Waals surface area contributed by atoms with E-state index in [1.807, 2.05) is 0 Å². The minimum atomic E-state index is -0.660. The highest BCUT2D eigenvalue weighted by molar-refractivity contribution is 5.81. The third-order valence-electron chi connectivity index (χ3n) is 3.70. The zero-order chi connectivity index (χ0) is 13.6. The Bertz CT molecular complexity index is 314. The Labute approximate surface area is 110 Å². The summed E-state index contributed by atoms with van der Waals surface area (Å²) in [4.78, 5) is 11.6. The van der Waals surface area contributed by atoms with E-state index in [2.05, 4.69) is 23.5 Å². The van der Waals surface area contributed by atoms with Gasteiger partial charge in [-0.3, -0.25) is 4.79 Å². The molecule has 0 spiro atoms. The minimum Gasteiger partial charge on any atom is -0.389 e. The van der Waals surface area contributed by atoms with Gasteiger partial charge in [0.05, 0.1) is 18.2 Å². The van der Waals surface area contributed by atoms with Gasteiger partial charge in [-0.2, -0.15) is 0 Å². The molecule has 1 fully saturated rings. The Balaban J connectivity index is 2.31. The third-order valence-corrected chi connectivity index (χ3v) is 3.70. The predicted molar refractivity (Wildman–Crippen MR) is 71.9 cm³/mol. The van der Waals surface area contributed by atoms with E-state index in [0.717, 1.165) is 25.7 Å². The molecule has 18 heavy (non-hydrogen) atoms. The van der Waals surface area contributed by atoms with Gasteiger partial charge in [-0.25, -0.2) is 0 Å². The first-order valence-electron chi connectivity index (χ1n) is 6.64. The number of carbonyl (C=O) groups excluding carboxylic acids is 1. The Morgan fingerprint density at radius 3 is 2.72 bits per heavy atom. The SMILES string of the molecule is C#CCNC(=O)C(C)NCC1(O)CCC(C)CC1. The normalized spacial score (nSPS) is 29.3. The Morgan fingerprint density at radius 1 is 1.56 bits per heavy atom. The van der Waals surface area contributed by atoms with Gasteiger partial charge in [-0.05, 0) is 38.5 Å². The Morgan fingerprint density at radius 2 is 2.17 bits per heavy atom. The van der Waals surface area contributed by atoms with Gasteiger partial charge < -0.3 is 15.7 Å². The van der Waals surface area contributed by atoms with Gasteiger partial charge in [0.15, 0.2) is 0 Å². The number of aliphatic hydroxyl groups is 1. The molecule has 0 radical (unpaired) electrons. The number of carbonyl (C=O) groups is 1. The molecule has 1 unspecified atom stereocenters. The van der Waals surface area contributed by atoms with Crippen LogP contribution in [0.3, 0.4) is 0 Å². The molecule has 0 aliphatic heterocycles. The van der Waals surface area contributed by atoms with Crippen molar-refractivity contribution in [1.82, 2.24) is 10.6 Å². The van der Waals surface area contributed by atoms with E-state index in [0.29, 0.717) is 12.5 Å². The molecule has 4 heteroatoms. The highest BCUT2D eigenvalue weighted by atomic mass is 16.3. The van der Waals surface area contributed by atoms with Gasteiger partial charge in [0.25, 0.3) is 0 Å². The van der Waals surface area contributed by atoms with E-state index in [-0.39, 0.29) is 18.5 Å². The van der Waals surface area contributed by atoms with Gasteiger partial charge in [-0.1, -0.05) is 12.8 Å². The van der Waals surface area contributed by atoms with Crippen molar-refractivity contribution < 1.29 is 9.90 Å². The maximum absolute atomic E-state index is 11.6. The molecule has 1 aliphatic rings. The maximum atomic E-state index is 11.6. The molecule has 1 aliphatic carbocycles. The summed E-state index contributed by atoms with van der Waals surface area (Å²) in [5, 5.41) is 16.1. The standard InChI is InChI=1S/C14H24N2O2/c1-4-9-15-13(17)12(3)16-10-14(18)7-5-11(2)6-8-14/h1,11-12,16,18H,5-10H2,2-3H3,(H,15,17). The van der Waals surface area contributed by atoms with Gasteiger partial charge in [0.1, 0.15) is 0 Å². The third kappa shape index (κ3) is 4.67. The van der Waals surface area contributed by atoms with Crippen LogP contribution in [-0.4, -0.2) is 35.7 Å². The fourth-order valence-corrected chi connectivity index (χ4v) is 2.20. The van der Waals surface area contributed by atoms with Crippen LogP contribution in [0.5, 0.6) is 0 Å². The molecule has 1 amide bonds. The lowest BCUT2D eigenvalue weighted by atomic mass is 9.79. The second-order valence-electron chi connectivity index (χ2n) is 5.43. The molecule has 102 valence electrons. The predicted octanol–water partition coefficient (Wildman–Crippen LogP) is 0.655. The Kier molecular flexibility index (Phi) is 5.64. The molecule has 0 saturated heterocycles. The lowest BCUT2D eigenvalue weighted by Crippen LogP contribution is -2.50. The molecule has 3 N–H and O–H groups in total. The fraction of sp³-hybridized carbons (Fsp3) is 0.786. The van der Waals surface area contributed by atoms with Crippen LogP contribution in [0.2, 0.25) is 0 Å². The number of nitrogens with one attached hydrogen (secondary N) is 2. The summed E-state index contributed by atoms with van der Waals surface area (Å²) in [6, 6.07) is -0.332. The van der Waals surface area contributed by atoms with Crippen LogP contribution in [0.1, 0.15) is 39.5 Å². The van der Waals surface area contributed by atoms with E-state index in [9.17, 15) is 9.90 Å². The largest absolute Gasteiger partial charge is 0.389 e. The molecular weight excluding hydrogens is 228 g/mol. The van der Waals surface area contributed by atoms with Crippen LogP contribution >= 0.6 is 0 Å². The van der Waals surface area contributed by atoms with Crippen LogP contribution < -0.4 is 10.6 Å². The molecular formula is C14H24N2O2. The van der Waals surface area contributed by atoms with Crippen LogP contribution in [-0.2, 0) is 4.79 Å². The summed E-state index contributed by atoms with van der Waals surface area (Å²) in [5.41, 5.74) is -0.660. The molecule has 0 aromatic rings. The summed E-state index contributed by atoms with van der Waals surface area (Å²) >= 11 is 0. The summed E-state index contributed by atoms with van der Waals surface area (Å²) < 4.78 is 0. The van der Waals surface area contributed by atoms with Crippen molar-refractivity contribution in [1.29, 1.82) is 0 Å². The first-order chi connectivity index (χ1) is 8.47. The second kappa shape index (κ2) is 6.77. The van der Waals surface area contributed by atoms with E-state index in [4.69, 9.17) is 6.42 Å². The molecule has 4 nitrogen and oxygen atoms in total. The van der Waals surface area contributed by atoms with Crippen molar-refractivity contribution >= 4 is 5.91 Å². The number of terminal acetylenes is 1. The van der Waals surface area contributed by atoms with Crippen molar-refractivity contribution in [3.05, 3.63) is 0 Å². The molecule has 0 bridgehead atoms. The van der Waals surface area contributed by atoms with Gasteiger partial charge in [0.2, 0.25) is 5.91 Å². The van der Waals surface area contributed by atoms with E-state index >= 15 is 0 Å². The zero-order valence-electron chi connectivity index (χ0n) is 11.3. The lowest BCUT2D eigenvalue weighted by molar-refractivity contribution is -0.122. The van der Waals surface area contributed by atoms with Crippen molar-refractivity contribution in [3.63, 3.8) is 0 Å². The van der Waals surface area contributed by atoms with Crippen molar-refractivity contribution in [2.45, 2.75) is 51.2 Å². The van der Waals surface area contributed by atoms with Crippen molar-refractivity contribution in [3.8, 4) is 12.3 Å². The summed E-state index contributed by atoms with van der Waals surface area (Å²) in [7, 11) is 0. The molecule has 0 aromatic heterocycles. The number of rotatable bonds is 5. The topological polar surface area (TPSA) is 61.4 Å². The quantitative estimate of drug-likeness (QED) is 0.630. The Hall–Kier alpha value is -1.05. The van der Waals surface area contributed by atoms with Crippen LogP contribution in [0, 0.1) is 18.3 Å². The van der Waals surface area contributed by atoms with Gasteiger partial charge >= 0.3 is 0 Å². The lowest BCUT2D eigenvalue weighted by Gasteiger charge is -2.35. The summed E-state index contributed by atoms with van der Waals surface area (Å²) in [5.74, 6) is 2.93. The van der Waals surface area contributed by atoms with Crippen molar-refractivity contribution in [2.75, 3.05) is 13.1 Å². The number of hydrogen-bond acceptors (Lipinski definition) is 3. The van der Waals surface area contributed by atoms with E-state index in [1.165, 1.54) is 0 Å². The first-order valence-corrected chi connectivity index (χ1v) is 6.64. The van der Waals surface area contributed by atoms with Crippen LogP contribution in [0.4, 0.5) is 0 Å². The van der Waals surface area contributed by atoms with Crippen molar-refractivity contribution in [2.24, 2.45) is 5.92 Å². The molecule has 1 saturated carbocycles. The first kappa shape index (κ1) is 15.0. The molecule has 1 rings (SSSR count). The highest BCUT2D eigenvalue weighted by Crippen LogP contribution is 2.31. The van der Waals surface area contributed by atoms with Gasteiger partial charge in [0, 0.05) is 6.54 Å². The molecule has 1 atom stereocenters. The zero-order valence-corrected chi connectivity index (χ0v) is 11.3. The molecule has 0 aromatic carbocycles. The average Bonchev–Trinajstić information content (AvgIpc) is 2.37. The summed E-state index contributed by atoms with van der Waals surface area (Å²) in [6.07, 6.45) is 8.79. The second-order valence-corrected chi connectivity index (χ2v) is 5.43. The number of amides is 1. The van der Waals surface area contributed by atoms with E-state index in [1.54, 1.807) is 6.92 Å². The minimum absolute atomic E-state index is 0.124. The summed E-state index contributed by atoms with van der Waals surface area (Å²) in [6.45, 7) is 4.69. The number of hydrogen-bond donors (Lipinski definition) is 3. The maximum Gasteiger partial charge on any atom is 0.237 e. The fourth-order valence-electron chi connectivity index (χ4n) is 2.20. The monoisotopic (exact) mass is 252 g/mol. The van der Waals surface area contributed by atoms with E-state index < -0.39 is 5.60 Å².